The van der Waals surface area contributed by atoms with E-state index in [4.69, 9.17) is 0 Å². The minimum Gasteiger partial charge on any atom is -0.368 e. The van der Waals surface area contributed by atoms with Crippen molar-refractivity contribution in [2.75, 3.05) is 37.6 Å². The van der Waals surface area contributed by atoms with E-state index in [0.29, 0.717) is 30.1 Å². The summed E-state index contributed by atoms with van der Waals surface area (Å²) >= 11 is 1.18. The lowest BCUT2D eigenvalue weighted by atomic mass is 10.2. The van der Waals surface area contributed by atoms with Crippen molar-refractivity contribution in [3.63, 3.8) is 0 Å². The average Bonchev–Trinajstić information content (AvgIpc) is 3.22. The molecule has 140 valence electrons. The zero-order valence-electron chi connectivity index (χ0n) is 14.5. The molecule has 1 N–H and O–H groups in total. The highest BCUT2D eigenvalue weighted by Crippen LogP contribution is 2.17. The molecule has 3 rings (SSSR count). The fourth-order valence-electron chi connectivity index (χ4n) is 2.94. The minimum absolute atomic E-state index is 0.0908. The standard InChI is InChI=1S/C18H23N3O3S2/c22-17(8-4-10-19-26(23,24)18-9-5-15-25-18)21-13-11-20(12-14-21)16-6-2-1-3-7-16/h1-3,5-7,9,15,19H,4,8,10-14H2. The summed E-state index contributed by atoms with van der Waals surface area (Å²) in [6.07, 6.45) is 0.862. The summed E-state index contributed by atoms with van der Waals surface area (Å²) in [5.74, 6) is 0.0908. The first-order valence-corrected chi connectivity index (χ1v) is 11.0. The highest BCUT2D eigenvalue weighted by Gasteiger charge is 2.21. The molecule has 1 aromatic heterocycles. The molecule has 1 saturated heterocycles. The molecule has 8 heteroatoms. The van der Waals surface area contributed by atoms with Crippen LogP contribution in [0.5, 0.6) is 0 Å². The number of anilines is 1. The van der Waals surface area contributed by atoms with E-state index in [9.17, 15) is 13.2 Å². The van der Waals surface area contributed by atoms with Crippen molar-refractivity contribution in [1.82, 2.24) is 9.62 Å². The van der Waals surface area contributed by atoms with E-state index in [-0.39, 0.29) is 12.5 Å². The molecule has 0 aliphatic carbocycles. The van der Waals surface area contributed by atoms with Gasteiger partial charge in [-0.25, -0.2) is 13.1 Å². The Hall–Kier alpha value is -1.90. The largest absolute Gasteiger partial charge is 0.368 e. The Morgan fingerprint density at radius 3 is 2.42 bits per heavy atom. The molecule has 0 saturated carbocycles. The van der Waals surface area contributed by atoms with Crippen molar-refractivity contribution in [1.29, 1.82) is 0 Å². The molecule has 1 aliphatic rings. The minimum atomic E-state index is -3.44. The van der Waals surface area contributed by atoms with Gasteiger partial charge in [0.1, 0.15) is 4.21 Å². The second-order valence-electron chi connectivity index (χ2n) is 6.14. The Balaban J connectivity index is 1.38. The van der Waals surface area contributed by atoms with Crippen molar-refractivity contribution in [3.8, 4) is 0 Å². The van der Waals surface area contributed by atoms with Gasteiger partial charge >= 0.3 is 0 Å². The Labute approximate surface area is 158 Å². The summed E-state index contributed by atoms with van der Waals surface area (Å²) in [6.45, 7) is 3.32. The number of sulfonamides is 1. The van der Waals surface area contributed by atoms with E-state index in [0.717, 1.165) is 13.1 Å². The zero-order chi connectivity index (χ0) is 18.4. The summed E-state index contributed by atoms with van der Waals surface area (Å²) in [4.78, 5) is 16.5. The van der Waals surface area contributed by atoms with E-state index < -0.39 is 10.0 Å². The highest BCUT2D eigenvalue weighted by molar-refractivity contribution is 7.91. The van der Waals surface area contributed by atoms with Gasteiger partial charge in [0.2, 0.25) is 15.9 Å². The summed E-state index contributed by atoms with van der Waals surface area (Å²) in [5, 5.41) is 1.73. The predicted molar refractivity (Wildman–Crippen MR) is 104 cm³/mol. The lowest BCUT2D eigenvalue weighted by Gasteiger charge is -2.36. The third-order valence-corrected chi connectivity index (χ3v) is 7.23. The number of hydrogen-bond acceptors (Lipinski definition) is 5. The second kappa shape index (κ2) is 8.66. The third kappa shape index (κ3) is 4.84. The van der Waals surface area contributed by atoms with Crippen LogP contribution in [-0.2, 0) is 14.8 Å². The number of benzene rings is 1. The maximum absolute atomic E-state index is 12.3. The normalized spacial score (nSPS) is 15.2. The zero-order valence-corrected chi connectivity index (χ0v) is 16.1. The molecule has 26 heavy (non-hydrogen) atoms. The molecule has 0 radical (unpaired) electrons. The molecule has 1 aromatic carbocycles. The molecule has 1 aliphatic heterocycles. The smallest absolute Gasteiger partial charge is 0.250 e. The molecule has 2 aromatic rings. The van der Waals surface area contributed by atoms with Crippen molar-refractivity contribution in [3.05, 3.63) is 47.8 Å². The molecular formula is C18H23N3O3S2. The van der Waals surface area contributed by atoms with Crippen LogP contribution in [0.3, 0.4) is 0 Å². The SMILES string of the molecule is O=C(CCCNS(=O)(=O)c1cccs1)N1CCN(c2ccccc2)CC1. The van der Waals surface area contributed by atoms with Crippen LogP contribution in [0.4, 0.5) is 5.69 Å². The van der Waals surface area contributed by atoms with Gasteiger partial charge in [-0.1, -0.05) is 24.3 Å². The highest BCUT2D eigenvalue weighted by atomic mass is 32.2. The van der Waals surface area contributed by atoms with E-state index >= 15 is 0 Å². The van der Waals surface area contributed by atoms with Gasteiger partial charge in [-0.15, -0.1) is 11.3 Å². The quantitative estimate of drug-likeness (QED) is 0.732. The molecule has 0 atom stereocenters. The molecule has 0 bridgehead atoms. The fraction of sp³-hybridized carbons (Fsp3) is 0.389. The van der Waals surface area contributed by atoms with Gasteiger partial charge in [-0.05, 0) is 30.0 Å². The molecule has 0 unspecified atom stereocenters. The monoisotopic (exact) mass is 393 g/mol. The third-order valence-electron chi connectivity index (χ3n) is 4.37. The second-order valence-corrected chi connectivity index (χ2v) is 9.08. The first kappa shape index (κ1) is 18.9. The van der Waals surface area contributed by atoms with Crippen LogP contribution in [0, 0.1) is 0 Å². The number of para-hydroxylation sites is 1. The number of carbonyl (C=O) groups is 1. The van der Waals surface area contributed by atoms with E-state index in [1.807, 2.05) is 23.1 Å². The number of hydrogen-bond donors (Lipinski definition) is 1. The number of amides is 1. The first-order chi connectivity index (χ1) is 12.6. The molecular weight excluding hydrogens is 370 g/mol. The summed E-state index contributed by atoms with van der Waals surface area (Å²) < 4.78 is 26.9. The Morgan fingerprint density at radius 2 is 1.77 bits per heavy atom. The van der Waals surface area contributed by atoms with Crippen molar-refractivity contribution < 1.29 is 13.2 Å². The van der Waals surface area contributed by atoms with Crippen LogP contribution in [-0.4, -0.2) is 51.9 Å². The number of piperazine rings is 1. The van der Waals surface area contributed by atoms with E-state index in [2.05, 4.69) is 21.8 Å². The summed E-state index contributed by atoms with van der Waals surface area (Å²) in [6, 6.07) is 13.5. The van der Waals surface area contributed by atoms with E-state index in [1.165, 1.54) is 17.0 Å². The number of nitrogens with zero attached hydrogens (tertiary/aromatic N) is 2. The molecule has 1 amide bonds. The van der Waals surface area contributed by atoms with Crippen LogP contribution in [0.25, 0.3) is 0 Å². The first-order valence-electron chi connectivity index (χ1n) is 8.67. The molecule has 6 nitrogen and oxygen atoms in total. The average molecular weight is 394 g/mol. The van der Waals surface area contributed by atoms with Gasteiger partial charge in [0.05, 0.1) is 0 Å². The molecule has 0 spiro atoms. The van der Waals surface area contributed by atoms with Gasteiger partial charge < -0.3 is 9.80 Å². The van der Waals surface area contributed by atoms with Crippen molar-refractivity contribution in [2.45, 2.75) is 17.1 Å². The topological polar surface area (TPSA) is 69.7 Å². The van der Waals surface area contributed by atoms with Crippen LogP contribution in [0.2, 0.25) is 0 Å². The van der Waals surface area contributed by atoms with Crippen LogP contribution in [0.15, 0.2) is 52.1 Å². The summed E-state index contributed by atoms with van der Waals surface area (Å²) in [7, 11) is -3.44. The molecule has 1 fully saturated rings. The van der Waals surface area contributed by atoms with Gasteiger partial charge in [-0.2, -0.15) is 0 Å². The summed E-state index contributed by atoms with van der Waals surface area (Å²) in [5.41, 5.74) is 1.18. The lowest BCUT2D eigenvalue weighted by molar-refractivity contribution is -0.131. The number of carbonyl (C=O) groups excluding carboxylic acids is 1. The van der Waals surface area contributed by atoms with Gasteiger partial charge in [-0.3, -0.25) is 4.79 Å². The van der Waals surface area contributed by atoms with Crippen LogP contribution >= 0.6 is 11.3 Å². The maximum Gasteiger partial charge on any atom is 0.250 e. The van der Waals surface area contributed by atoms with Gasteiger partial charge in [0.25, 0.3) is 0 Å². The van der Waals surface area contributed by atoms with Crippen LogP contribution in [0.1, 0.15) is 12.8 Å². The van der Waals surface area contributed by atoms with E-state index in [1.54, 1.807) is 17.5 Å². The molecule has 2 heterocycles. The lowest BCUT2D eigenvalue weighted by Crippen LogP contribution is -2.48. The van der Waals surface area contributed by atoms with Gasteiger partial charge in [0, 0.05) is 44.8 Å². The number of thiophene rings is 1. The van der Waals surface area contributed by atoms with Crippen molar-refractivity contribution in [2.24, 2.45) is 0 Å². The van der Waals surface area contributed by atoms with Crippen LogP contribution < -0.4 is 9.62 Å². The Bertz CT molecular complexity index is 799. The Morgan fingerprint density at radius 1 is 1.04 bits per heavy atom. The van der Waals surface area contributed by atoms with Gasteiger partial charge in [0.15, 0.2) is 0 Å². The van der Waals surface area contributed by atoms with Crippen molar-refractivity contribution >= 4 is 33.0 Å². The fourth-order valence-corrected chi connectivity index (χ4v) is 5.06. The maximum atomic E-state index is 12.3. The number of nitrogens with one attached hydrogen (secondary N) is 1. The predicted octanol–water partition coefficient (Wildman–Crippen LogP) is 2.16. The number of rotatable bonds is 7. The Kier molecular flexibility index (Phi) is 6.29.